The van der Waals surface area contributed by atoms with E-state index in [-0.39, 0.29) is 18.0 Å². The lowest BCUT2D eigenvalue weighted by molar-refractivity contribution is 0.232. The first kappa shape index (κ1) is 20.1. The SMILES string of the molecule is CS(=O)(=O)N1CCC(c2noc(CCNC(=O)NC3CCCCC3)n2)CC1. The number of sulfonamides is 1. The van der Waals surface area contributed by atoms with Crippen molar-refractivity contribution in [3.63, 3.8) is 0 Å². The summed E-state index contributed by atoms with van der Waals surface area (Å²) in [5.41, 5.74) is 0. The summed E-state index contributed by atoms with van der Waals surface area (Å²) in [5, 5.41) is 9.88. The van der Waals surface area contributed by atoms with E-state index in [2.05, 4.69) is 20.8 Å². The first-order chi connectivity index (χ1) is 12.9. The summed E-state index contributed by atoms with van der Waals surface area (Å²) in [7, 11) is -3.13. The number of hydrogen-bond donors (Lipinski definition) is 2. The number of hydrogen-bond acceptors (Lipinski definition) is 6. The van der Waals surface area contributed by atoms with Gasteiger partial charge in [-0.15, -0.1) is 0 Å². The van der Waals surface area contributed by atoms with Gasteiger partial charge >= 0.3 is 6.03 Å². The van der Waals surface area contributed by atoms with Gasteiger partial charge in [-0.25, -0.2) is 17.5 Å². The fourth-order valence-corrected chi connectivity index (χ4v) is 4.62. The number of rotatable bonds is 6. The maximum atomic E-state index is 11.9. The van der Waals surface area contributed by atoms with Gasteiger partial charge in [0.05, 0.1) is 6.26 Å². The zero-order chi connectivity index (χ0) is 19.3. The van der Waals surface area contributed by atoms with Gasteiger partial charge in [0.25, 0.3) is 0 Å². The van der Waals surface area contributed by atoms with Crippen LogP contribution in [-0.2, 0) is 16.4 Å². The van der Waals surface area contributed by atoms with E-state index in [1.165, 1.54) is 29.8 Å². The Morgan fingerprint density at radius 2 is 1.89 bits per heavy atom. The fourth-order valence-electron chi connectivity index (χ4n) is 3.75. The molecule has 3 rings (SSSR count). The lowest BCUT2D eigenvalue weighted by atomic mass is 9.96. The molecule has 10 heteroatoms. The minimum Gasteiger partial charge on any atom is -0.339 e. The van der Waals surface area contributed by atoms with Crippen LogP contribution in [0.1, 0.15) is 62.6 Å². The number of carbonyl (C=O) groups is 1. The van der Waals surface area contributed by atoms with E-state index in [0.717, 1.165) is 12.8 Å². The van der Waals surface area contributed by atoms with Crippen LogP contribution < -0.4 is 10.6 Å². The van der Waals surface area contributed by atoms with Gasteiger partial charge in [0.1, 0.15) is 0 Å². The Labute approximate surface area is 160 Å². The summed E-state index contributed by atoms with van der Waals surface area (Å²) in [6, 6.07) is 0.140. The van der Waals surface area contributed by atoms with Crippen LogP contribution in [0, 0.1) is 0 Å². The Hall–Kier alpha value is -1.68. The van der Waals surface area contributed by atoms with Gasteiger partial charge < -0.3 is 15.2 Å². The van der Waals surface area contributed by atoms with Gasteiger partial charge in [-0.1, -0.05) is 24.4 Å². The molecular weight excluding hydrogens is 370 g/mol. The van der Waals surface area contributed by atoms with Crippen LogP contribution in [-0.4, -0.2) is 60.8 Å². The molecule has 1 aliphatic carbocycles. The normalized spacial score (nSPS) is 20.5. The molecule has 0 spiro atoms. The largest absolute Gasteiger partial charge is 0.339 e. The van der Waals surface area contributed by atoms with Gasteiger partial charge in [-0.2, -0.15) is 4.98 Å². The molecule has 0 unspecified atom stereocenters. The van der Waals surface area contributed by atoms with Crippen molar-refractivity contribution in [1.82, 2.24) is 25.1 Å². The Morgan fingerprint density at radius 3 is 2.56 bits per heavy atom. The molecule has 152 valence electrons. The Balaban J connectivity index is 1.39. The van der Waals surface area contributed by atoms with Crippen molar-refractivity contribution in [1.29, 1.82) is 0 Å². The molecule has 1 aromatic heterocycles. The van der Waals surface area contributed by atoms with Crippen molar-refractivity contribution in [3.8, 4) is 0 Å². The third-order valence-corrected chi connectivity index (χ3v) is 6.64. The van der Waals surface area contributed by atoms with Crippen LogP contribution in [0.3, 0.4) is 0 Å². The molecule has 2 amide bonds. The highest BCUT2D eigenvalue weighted by atomic mass is 32.2. The first-order valence-electron chi connectivity index (χ1n) is 9.74. The molecule has 1 saturated carbocycles. The second-order valence-corrected chi connectivity index (χ2v) is 9.45. The molecule has 2 heterocycles. The summed E-state index contributed by atoms with van der Waals surface area (Å²) in [5.74, 6) is 1.24. The number of piperidine rings is 1. The Kier molecular flexibility index (Phi) is 6.69. The number of urea groups is 1. The zero-order valence-corrected chi connectivity index (χ0v) is 16.6. The number of carbonyl (C=O) groups excluding carboxylic acids is 1. The predicted molar refractivity (Wildman–Crippen MR) is 99.8 cm³/mol. The molecular formula is C17H29N5O4S. The summed E-state index contributed by atoms with van der Waals surface area (Å²) < 4.78 is 29.9. The molecule has 9 nitrogen and oxygen atoms in total. The third-order valence-electron chi connectivity index (χ3n) is 5.34. The van der Waals surface area contributed by atoms with Crippen LogP contribution in [0.2, 0.25) is 0 Å². The summed E-state index contributed by atoms with van der Waals surface area (Å²) >= 11 is 0. The van der Waals surface area contributed by atoms with Crippen LogP contribution >= 0.6 is 0 Å². The Morgan fingerprint density at radius 1 is 1.19 bits per heavy atom. The fraction of sp³-hybridized carbons (Fsp3) is 0.824. The molecule has 2 N–H and O–H groups in total. The average Bonchev–Trinajstić information content (AvgIpc) is 3.11. The first-order valence-corrected chi connectivity index (χ1v) is 11.6. The van der Waals surface area contributed by atoms with Crippen molar-refractivity contribution >= 4 is 16.1 Å². The lowest BCUT2D eigenvalue weighted by Crippen LogP contribution is -2.43. The lowest BCUT2D eigenvalue weighted by Gasteiger charge is -2.28. The summed E-state index contributed by atoms with van der Waals surface area (Å²) in [4.78, 5) is 16.3. The maximum absolute atomic E-state index is 11.9. The molecule has 27 heavy (non-hydrogen) atoms. The molecule has 0 aromatic carbocycles. The van der Waals surface area contributed by atoms with Crippen molar-refractivity contribution in [2.45, 2.75) is 63.3 Å². The molecule has 1 aromatic rings. The summed E-state index contributed by atoms with van der Waals surface area (Å²) in [6.45, 7) is 1.40. The maximum Gasteiger partial charge on any atom is 0.315 e. The van der Waals surface area contributed by atoms with Crippen LogP contribution in [0.5, 0.6) is 0 Å². The monoisotopic (exact) mass is 399 g/mol. The summed E-state index contributed by atoms with van der Waals surface area (Å²) in [6.07, 6.45) is 8.81. The van der Waals surface area contributed by atoms with E-state index >= 15 is 0 Å². The van der Waals surface area contributed by atoms with Crippen molar-refractivity contribution in [2.24, 2.45) is 0 Å². The number of amides is 2. The smallest absolute Gasteiger partial charge is 0.315 e. The van der Waals surface area contributed by atoms with E-state index in [4.69, 9.17) is 4.52 Å². The van der Waals surface area contributed by atoms with Gasteiger partial charge in [0.15, 0.2) is 5.82 Å². The molecule has 0 atom stereocenters. The average molecular weight is 400 g/mol. The highest BCUT2D eigenvalue weighted by Gasteiger charge is 2.28. The topological polar surface area (TPSA) is 117 Å². The van der Waals surface area contributed by atoms with E-state index in [9.17, 15) is 13.2 Å². The third kappa shape index (κ3) is 5.90. The van der Waals surface area contributed by atoms with E-state index in [1.54, 1.807) is 0 Å². The predicted octanol–water partition coefficient (Wildman–Crippen LogP) is 1.38. The molecule has 2 fully saturated rings. The van der Waals surface area contributed by atoms with Gasteiger partial charge in [0, 0.05) is 38.0 Å². The van der Waals surface area contributed by atoms with E-state index in [0.29, 0.717) is 50.6 Å². The van der Waals surface area contributed by atoms with E-state index < -0.39 is 10.0 Å². The van der Waals surface area contributed by atoms with E-state index in [1.807, 2.05) is 0 Å². The second-order valence-electron chi connectivity index (χ2n) is 7.47. The number of aromatic nitrogens is 2. The molecule has 2 aliphatic rings. The van der Waals surface area contributed by atoms with Crippen molar-refractivity contribution in [3.05, 3.63) is 11.7 Å². The minimum atomic E-state index is -3.13. The standard InChI is InChI=1S/C17H29N5O4S/c1-27(24,25)22-11-8-13(9-12-22)16-20-15(26-21-16)7-10-18-17(23)19-14-5-3-2-4-6-14/h13-14H,2-12H2,1H3,(H2,18,19,23). The highest BCUT2D eigenvalue weighted by Crippen LogP contribution is 2.27. The van der Waals surface area contributed by atoms with Crippen molar-refractivity contribution in [2.75, 3.05) is 25.9 Å². The van der Waals surface area contributed by atoms with Crippen LogP contribution in [0.25, 0.3) is 0 Å². The van der Waals surface area contributed by atoms with Crippen LogP contribution in [0.15, 0.2) is 4.52 Å². The van der Waals surface area contributed by atoms with Crippen LogP contribution in [0.4, 0.5) is 4.79 Å². The molecule has 0 radical (unpaired) electrons. The minimum absolute atomic E-state index is 0.114. The Bertz CT molecular complexity index is 721. The highest BCUT2D eigenvalue weighted by molar-refractivity contribution is 7.88. The molecule has 0 bridgehead atoms. The molecule has 1 saturated heterocycles. The number of nitrogens with one attached hydrogen (secondary N) is 2. The second kappa shape index (κ2) is 9.01. The quantitative estimate of drug-likeness (QED) is 0.746. The van der Waals surface area contributed by atoms with Crippen molar-refractivity contribution < 1.29 is 17.7 Å². The zero-order valence-electron chi connectivity index (χ0n) is 15.8. The van der Waals surface area contributed by atoms with Gasteiger partial charge in [0.2, 0.25) is 15.9 Å². The number of nitrogens with zero attached hydrogens (tertiary/aromatic N) is 3. The molecule has 1 aliphatic heterocycles. The van der Waals surface area contributed by atoms with Gasteiger partial charge in [-0.05, 0) is 25.7 Å². The van der Waals surface area contributed by atoms with Gasteiger partial charge in [-0.3, -0.25) is 0 Å².